The van der Waals surface area contributed by atoms with Gasteiger partial charge in [-0.25, -0.2) is 0 Å². The monoisotopic (exact) mass is 326 g/mol. The molecule has 1 heteroatoms. The molecule has 0 bridgehead atoms. The van der Waals surface area contributed by atoms with Crippen molar-refractivity contribution in [3.8, 4) is 0 Å². The second kappa shape index (κ2) is 8.68. The standard InChI is InChI=1S/C22H34Si/c1-6-8-9-14-23(21-13-10-12-20(21)11-7-2)22-18(4)15-17(3)16-19(22)5/h12-13,15-16,23H,6-11,14H2,1-5H3. The lowest BCUT2D eigenvalue weighted by Crippen LogP contribution is -2.37. The highest BCUT2D eigenvalue weighted by molar-refractivity contribution is 6.81. The van der Waals surface area contributed by atoms with Gasteiger partial charge in [-0.05, 0) is 33.6 Å². The van der Waals surface area contributed by atoms with E-state index in [2.05, 4.69) is 58.9 Å². The van der Waals surface area contributed by atoms with E-state index in [9.17, 15) is 0 Å². The number of rotatable bonds is 8. The van der Waals surface area contributed by atoms with Gasteiger partial charge in [-0.3, -0.25) is 0 Å². The van der Waals surface area contributed by atoms with E-state index in [1.807, 2.05) is 0 Å². The minimum absolute atomic E-state index is 1.07. The molecule has 0 heterocycles. The molecule has 126 valence electrons. The van der Waals surface area contributed by atoms with Gasteiger partial charge in [0.25, 0.3) is 0 Å². The molecule has 0 N–H and O–H groups in total. The van der Waals surface area contributed by atoms with Crippen molar-refractivity contribution < 1.29 is 0 Å². The Balaban J connectivity index is 2.37. The molecule has 0 aromatic heterocycles. The molecule has 0 saturated heterocycles. The van der Waals surface area contributed by atoms with Crippen molar-refractivity contribution in [3.05, 3.63) is 51.7 Å². The molecule has 1 aliphatic carbocycles. The molecule has 0 nitrogen and oxygen atoms in total. The van der Waals surface area contributed by atoms with E-state index in [0.29, 0.717) is 0 Å². The quantitative estimate of drug-likeness (QED) is 0.416. The fourth-order valence-electron chi connectivity index (χ4n) is 4.25. The normalized spacial score (nSPS) is 15.5. The molecule has 0 saturated carbocycles. The molecule has 0 radical (unpaired) electrons. The molecule has 0 spiro atoms. The third-order valence-electron chi connectivity index (χ3n) is 5.15. The van der Waals surface area contributed by atoms with Crippen LogP contribution in [-0.4, -0.2) is 8.80 Å². The average molecular weight is 327 g/mol. The Kier molecular flexibility index (Phi) is 6.89. The van der Waals surface area contributed by atoms with Crippen molar-refractivity contribution in [2.24, 2.45) is 0 Å². The summed E-state index contributed by atoms with van der Waals surface area (Å²) in [5.74, 6) is 0. The van der Waals surface area contributed by atoms with Gasteiger partial charge >= 0.3 is 0 Å². The van der Waals surface area contributed by atoms with Crippen LogP contribution in [0.25, 0.3) is 0 Å². The van der Waals surface area contributed by atoms with E-state index < -0.39 is 8.80 Å². The zero-order valence-corrected chi connectivity index (χ0v) is 17.0. The van der Waals surface area contributed by atoms with Crippen LogP contribution in [0.4, 0.5) is 0 Å². The van der Waals surface area contributed by atoms with Crippen molar-refractivity contribution in [1.82, 2.24) is 0 Å². The third-order valence-corrected chi connectivity index (χ3v) is 9.10. The second-order valence-corrected chi connectivity index (χ2v) is 10.1. The lowest BCUT2D eigenvalue weighted by atomic mass is 10.1. The van der Waals surface area contributed by atoms with Gasteiger partial charge < -0.3 is 0 Å². The number of aryl methyl sites for hydroxylation is 3. The lowest BCUT2D eigenvalue weighted by molar-refractivity contribution is 0.767. The molecular weight excluding hydrogens is 292 g/mol. The molecular formula is C22H34Si. The van der Waals surface area contributed by atoms with Gasteiger partial charge in [-0.2, -0.15) is 0 Å². The molecule has 2 rings (SSSR count). The SMILES string of the molecule is CCCCC[SiH](C1=CCC=C1CCC)c1c(C)cc(C)cc1C. The van der Waals surface area contributed by atoms with Gasteiger partial charge in [0.1, 0.15) is 8.80 Å². The molecule has 0 aliphatic heterocycles. The van der Waals surface area contributed by atoms with Crippen LogP contribution >= 0.6 is 0 Å². The summed E-state index contributed by atoms with van der Waals surface area (Å²) in [4.78, 5) is 0. The average Bonchev–Trinajstić information content (AvgIpc) is 2.93. The predicted molar refractivity (Wildman–Crippen MR) is 107 cm³/mol. The molecule has 0 fully saturated rings. The smallest absolute Gasteiger partial charge is 0.0811 e. The van der Waals surface area contributed by atoms with Crippen LogP contribution in [-0.2, 0) is 0 Å². The van der Waals surface area contributed by atoms with E-state index in [0.717, 1.165) is 0 Å². The Hall–Kier alpha value is -1.08. The summed E-state index contributed by atoms with van der Waals surface area (Å²) in [5, 5.41) is 3.51. The number of allylic oxidation sites excluding steroid dienone is 4. The minimum atomic E-state index is -1.07. The number of benzene rings is 1. The van der Waals surface area contributed by atoms with Crippen LogP contribution < -0.4 is 5.19 Å². The first-order valence-corrected chi connectivity index (χ1v) is 11.5. The van der Waals surface area contributed by atoms with Crippen molar-refractivity contribution in [1.29, 1.82) is 0 Å². The summed E-state index contributed by atoms with van der Waals surface area (Å²) in [6, 6.07) is 6.24. The van der Waals surface area contributed by atoms with Crippen molar-refractivity contribution in [2.75, 3.05) is 0 Å². The van der Waals surface area contributed by atoms with Crippen LogP contribution in [0.2, 0.25) is 6.04 Å². The van der Waals surface area contributed by atoms with Gasteiger partial charge in [-0.1, -0.05) is 103 Å². The number of hydrogen-bond acceptors (Lipinski definition) is 0. The summed E-state index contributed by atoms with van der Waals surface area (Å²) in [6.45, 7) is 11.5. The Morgan fingerprint density at radius 2 is 1.61 bits per heavy atom. The van der Waals surface area contributed by atoms with Crippen LogP contribution in [0, 0.1) is 20.8 Å². The van der Waals surface area contributed by atoms with E-state index in [1.165, 1.54) is 50.1 Å². The minimum Gasteiger partial charge on any atom is -0.0811 e. The lowest BCUT2D eigenvalue weighted by Gasteiger charge is -2.24. The maximum Gasteiger partial charge on any atom is 0.103 e. The van der Waals surface area contributed by atoms with Gasteiger partial charge in [-0.15, -0.1) is 0 Å². The Bertz CT molecular complexity index is 569. The van der Waals surface area contributed by atoms with E-state index in [4.69, 9.17) is 0 Å². The Morgan fingerprint density at radius 1 is 0.913 bits per heavy atom. The zero-order chi connectivity index (χ0) is 16.8. The molecule has 1 aliphatic rings. The first kappa shape index (κ1) is 18.3. The van der Waals surface area contributed by atoms with Gasteiger partial charge in [0, 0.05) is 0 Å². The highest BCUT2D eigenvalue weighted by Crippen LogP contribution is 2.29. The van der Waals surface area contributed by atoms with Gasteiger partial charge in [0.2, 0.25) is 0 Å². The summed E-state index contributed by atoms with van der Waals surface area (Å²) in [7, 11) is -1.07. The summed E-state index contributed by atoms with van der Waals surface area (Å²) in [5.41, 5.74) is 6.17. The maximum absolute atomic E-state index is 2.56. The number of unbranched alkanes of at least 4 members (excludes halogenated alkanes) is 2. The van der Waals surface area contributed by atoms with E-state index in [-0.39, 0.29) is 0 Å². The predicted octanol–water partition coefficient (Wildman–Crippen LogP) is 5.83. The van der Waals surface area contributed by atoms with Crippen LogP contribution in [0.15, 0.2) is 35.1 Å². The fourth-order valence-corrected chi connectivity index (χ4v) is 8.26. The van der Waals surface area contributed by atoms with E-state index in [1.54, 1.807) is 27.1 Å². The molecule has 1 aromatic carbocycles. The van der Waals surface area contributed by atoms with Crippen LogP contribution in [0.5, 0.6) is 0 Å². The van der Waals surface area contributed by atoms with Crippen LogP contribution in [0.3, 0.4) is 0 Å². The van der Waals surface area contributed by atoms with Crippen molar-refractivity contribution in [3.63, 3.8) is 0 Å². The van der Waals surface area contributed by atoms with E-state index >= 15 is 0 Å². The maximum atomic E-state index is 2.56. The molecule has 0 amide bonds. The van der Waals surface area contributed by atoms with Crippen molar-refractivity contribution in [2.45, 2.75) is 79.2 Å². The first-order chi connectivity index (χ1) is 11.1. The van der Waals surface area contributed by atoms with Crippen LogP contribution in [0.1, 0.15) is 69.1 Å². The third kappa shape index (κ3) is 4.47. The second-order valence-electron chi connectivity index (χ2n) is 7.24. The Morgan fingerprint density at radius 3 is 2.22 bits per heavy atom. The van der Waals surface area contributed by atoms with Gasteiger partial charge in [0.05, 0.1) is 0 Å². The summed E-state index contributed by atoms with van der Waals surface area (Å²) in [6.07, 6.45) is 12.9. The Labute approximate surface area is 145 Å². The molecule has 23 heavy (non-hydrogen) atoms. The largest absolute Gasteiger partial charge is 0.103 e. The summed E-state index contributed by atoms with van der Waals surface area (Å²) >= 11 is 0. The molecule has 1 unspecified atom stereocenters. The molecule has 1 atom stereocenters. The molecule has 1 aromatic rings. The van der Waals surface area contributed by atoms with Gasteiger partial charge in [0.15, 0.2) is 0 Å². The highest BCUT2D eigenvalue weighted by Gasteiger charge is 2.25. The number of hydrogen-bond donors (Lipinski definition) is 0. The van der Waals surface area contributed by atoms with Crippen molar-refractivity contribution >= 4 is 14.0 Å². The highest BCUT2D eigenvalue weighted by atomic mass is 28.3. The first-order valence-electron chi connectivity index (χ1n) is 9.55. The zero-order valence-electron chi connectivity index (χ0n) is 15.8. The topological polar surface area (TPSA) is 0 Å². The summed E-state index contributed by atoms with van der Waals surface area (Å²) < 4.78 is 0. The fraction of sp³-hybridized carbons (Fsp3) is 0.545.